The van der Waals surface area contributed by atoms with Gasteiger partial charge in [-0.15, -0.1) is 10.2 Å². The topological polar surface area (TPSA) is 91.8 Å². The summed E-state index contributed by atoms with van der Waals surface area (Å²) in [5.41, 5.74) is 1.30. The third kappa shape index (κ3) is 2.58. The van der Waals surface area contributed by atoms with Crippen molar-refractivity contribution < 1.29 is 23.7 Å². The Balaban J connectivity index is 1.35. The molecule has 1 amide bonds. The lowest BCUT2D eigenvalue weighted by Crippen LogP contribution is -2.11. The third-order valence-electron chi connectivity index (χ3n) is 3.90. The standard InChI is InChI=1S/C17H11N3O5S/c21-15(9-1-3-11-13(5-9)24-7-22-11)18-17-20-19-16(26-17)10-2-4-12-14(6-10)25-8-23-12/h1-6H,7-8H2,(H,18,20,21). The average Bonchev–Trinajstić information content (AvgIpc) is 3.40. The molecule has 0 saturated carbocycles. The van der Waals surface area contributed by atoms with Crippen LogP contribution in [0.2, 0.25) is 0 Å². The van der Waals surface area contributed by atoms with Gasteiger partial charge >= 0.3 is 0 Å². The van der Waals surface area contributed by atoms with Crippen molar-refractivity contribution >= 4 is 22.4 Å². The summed E-state index contributed by atoms with van der Waals surface area (Å²) in [7, 11) is 0. The Hall–Kier alpha value is -3.33. The van der Waals surface area contributed by atoms with Gasteiger partial charge in [0.1, 0.15) is 5.01 Å². The number of fused-ring (bicyclic) bond motifs is 2. The van der Waals surface area contributed by atoms with Gasteiger partial charge in [-0.05, 0) is 36.4 Å². The van der Waals surface area contributed by atoms with Gasteiger partial charge < -0.3 is 18.9 Å². The molecule has 1 aromatic heterocycles. The van der Waals surface area contributed by atoms with E-state index in [0.717, 1.165) is 5.56 Å². The summed E-state index contributed by atoms with van der Waals surface area (Å²) in [4.78, 5) is 12.4. The van der Waals surface area contributed by atoms with Crippen molar-refractivity contribution in [2.75, 3.05) is 18.9 Å². The molecule has 0 atom stereocenters. The quantitative estimate of drug-likeness (QED) is 0.759. The number of ether oxygens (including phenoxy) is 4. The minimum atomic E-state index is -0.295. The molecule has 0 bridgehead atoms. The molecule has 1 N–H and O–H groups in total. The van der Waals surface area contributed by atoms with E-state index in [-0.39, 0.29) is 19.5 Å². The van der Waals surface area contributed by atoms with E-state index in [1.807, 2.05) is 18.2 Å². The van der Waals surface area contributed by atoms with Crippen LogP contribution in [0, 0.1) is 0 Å². The first-order valence-corrected chi connectivity index (χ1v) is 8.52. The van der Waals surface area contributed by atoms with E-state index >= 15 is 0 Å². The van der Waals surface area contributed by atoms with Crippen LogP contribution in [0.1, 0.15) is 10.4 Å². The molecule has 5 rings (SSSR count). The number of carbonyl (C=O) groups is 1. The summed E-state index contributed by atoms with van der Waals surface area (Å²) in [6.45, 7) is 0.376. The number of amides is 1. The Bertz CT molecular complexity index is 1020. The highest BCUT2D eigenvalue weighted by Crippen LogP contribution is 2.37. The molecule has 0 radical (unpaired) electrons. The molecule has 2 aliphatic rings. The zero-order valence-electron chi connectivity index (χ0n) is 13.2. The van der Waals surface area contributed by atoms with Gasteiger partial charge in [0.25, 0.3) is 5.91 Å². The van der Waals surface area contributed by atoms with Crippen LogP contribution in [0.25, 0.3) is 10.6 Å². The van der Waals surface area contributed by atoms with E-state index in [1.165, 1.54) is 11.3 Å². The maximum atomic E-state index is 12.4. The summed E-state index contributed by atoms with van der Waals surface area (Å²) >= 11 is 1.27. The van der Waals surface area contributed by atoms with Crippen LogP contribution < -0.4 is 24.3 Å². The number of hydrogen-bond donors (Lipinski definition) is 1. The van der Waals surface area contributed by atoms with E-state index in [4.69, 9.17) is 18.9 Å². The Labute approximate surface area is 151 Å². The van der Waals surface area contributed by atoms with Crippen molar-refractivity contribution in [1.82, 2.24) is 10.2 Å². The average molecular weight is 369 g/mol. The van der Waals surface area contributed by atoms with Crippen molar-refractivity contribution in [1.29, 1.82) is 0 Å². The fourth-order valence-corrected chi connectivity index (χ4v) is 3.36. The summed E-state index contributed by atoms with van der Waals surface area (Å²) in [5.74, 6) is 2.26. The summed E-state index contributed by atoms with van der Waals surface area (Å²) in [6.07, 6.45) is 0. The molecule has 3 heterocycles. The second-order valence-corrected chi connectivity index (χ2v) is 6.48. The minimum absolute atomic E-state index is 0.162. The van der Waals surface area contributed by atoms with Gasteiger partial charge in [-0.1, -0.05) is 11.3 Å². The largest absolute Gasteiger partial charge is 0.454 e. The van der Waals surface area contributed by atoms with E-state index < -0.39 is 0 Å². The van der Waals surface area contributed by atoms with E-state index in [2.05, 4.69) is 15.5 Å². The van der Waals surface area contributed by atoms with Crippen molar-refractivity contribution in [2.45, 2.75) is 0 Å². The van der Waals surface area contributed by atoms with E-state index in [0.29, 0.717) is 38.7 Å². The number of nitrogens with one attached hydrogen (secondary N) is 1. The smallest absolute Gasteiger partial charge is 0.257 e. The minimum Gasteiger partial charge on any atom is -0.454 e. The number of carbonyl (C=O) groups excluding carboxylic acids is 1. The molecular weight excluding hydrogens is 358 g/mol. The fraction of sp³-hybridized carbons (Fsp3) is 0.118. The summed E-state index contributed by atoms with van der Waals surface area (Å²) in [6, 6.07) is 10.5. The Morgan fingerprint density at radius 2 is 1.58 bits per heavy atom. The molecule has 0 aliphatic carbocycles. The third-order valence-corrected chi connectivity index (χ3v) is 4.79. The van der Waals surface area contributed by atoms with Crippen molar-refractivity contribution in [3.8, 4) is 33.6 Å². The van der Waals surface area contributed by atoms with E-state index in [1.54, 1.807) is 18.2 Å². The highest BCUT2D eigenvalue weighted by molar-refractivity contribution is 7.18. The fourth-order valence-electron chi connectivity index (χ4n) is 2.63. The van der Waals surface area contributed by atoms with Crippen LogP contribution >= 0.6 is 11.3 Å². The van der Waals surface area contributed by atoms with Crippen LogP contribution in [0.5, 0.6) is 23.0 Å². The zero-order chi connectivity index (χ0) is 17.5. The van der Waals surface area contributed by atoms with Crippen LogP contribution in [0.15, 0.2) is 36.4 Å². The maximum absolute atomic E-state index is 12.4. The molecule has 0 fully saturated rings. The summed E-state index contributed by atoms with van der Waals surface area (Å²) < 4.78 is 21.2. The van der Waals surface area contributed by atoms with Gasteiger partial charge in [0.05, 0.1) is 0 Å². The molecule has 26 heavy (non-hydrogen) atoms. The van der Waals surface area contributed by atoms with Gasteiger partial charge in [-0.25, -0.2) is 0 Å². The first-order valence-electron chi connectivity index (χ1n) is 7.71. The Kier molecular flexibility index (Phi) is 3.39. The summed E-state index contributed by atoms with van der Waals surface area (Å²) in [5, 5.41) is 12.0. The molecule has 0 spiro atoms. The number of anilines is 1. The van der Waals surface area contributed by atoms with Gasteiger partial charge in [0.2, 0.25) is 18.7 Å². The van der Waals surface area contributed by atoms with Crippen molar-refractivity contribution in [3.63, 3.8) is 0 Å². The number of rotatable bonds is 3. The zero-order valence-corrected chi connectivity index (χ0v) is 14.0. The second-order valence-electron chi connectivity index (χ2n) is 5.50. The van der Waals surface area contributed by atoms with Gasteiger partial charge in [-0.2, -0.15) is 0 Å². The highest BCUT2D eigenvalue weighted by atomic mass is 32.1. The van der Waals surface area contributed by atoms with Gasteiger partial charge in [0, 0.05) is 11.1 Å². The number of aromatic nitrogens is 2. The number of nitrogens with zero attached hydrogens (tertiary/aromatic N) is 2. The molecule has 130 valence electrons. The van der Waals surface area contributed by atoms with Crippen molar-refractivity contribution in [3.05, 3.63) is 42.0 Å². The van der Waals surface area contributed by atoms with Crippen LogP contribution in [0.4, 0.5) is 5.13 Å². The SMILES string of the molecule is O=C(Nc1nnc(-c2ccc3c(c2)OCO3)s1)c1ccc2c(c1)OCO2. The van der Waals surface area contributed by atoms with Gasteiger partial charge in [0.15, 0.2) is 23.0 Å². The molecule has 8 nitrogen and oxygen atoms in total. The lowest BCUT2D eigenvalue weighted by Gasteiger charge is -2.02. The number of hydrogen-bond acceptors (Lipinski definition) is 8. The molecule has 3 aromatic rings. The lowest BCUT2D eigenvalue weighted by atomic mass is 10.2. The van der Waals surface area contributed by atoms with Crippen LogP contribution in [0.3, 0.4) is 0 Å². The first kappa shape index (κ1) is 15.0. The lowest BCUT2D eigenvalue weighted by molar-refractivity contribution is 0.102. The normalized spacial score (nSPS) is 13.7. The van der Waals surface area contributed by atoms with Crippen molar-refractivity contribution in [2.24, 2.45) is 0 Å². The molecule has 2 aliphatic heterocycles. The second kappa shape index (κ2) is 5.88. The van der Waals surface area contributed by atoms with E-state index in [9.17, 15) is 4.79 Å². The van der Waals surface area contributed by atoms with Crippen LogP contribution in [-0.4, -0.2) is 29.7 Å². The molecule has 0 saturated heterocycles. The molecular formula is C17H11N3O5S. The highest BCUT2D eigenvalue weighted by Gasteiger charge is 2.19. The van der Waals surface area contributed by atoms with Crippen LogP contribution in [-0.2, 0) is 0 Å². The Morgan fingerprint density at radius 3 is 2.38 bits per heavy atom. The monoisotopic (exact) mass is 369 g/mol. The Morgan fingerprint density at radius 1 is 0.885 bits per heavy atom. The van der Waals surface area contributed by atoms with Gasteiger partial charge in [-0.3, -0.25) is 10.1 Å². The molecule has 9 heteroatoms. The predicted molar refractivity (Wildman–Crippen MR) is 92.0 cm³/mol. The first-order chi connectivity index (χ1) is 12.8. The maximum Gasteiger partial charge on any atom is 0.257 e. The molecule has 2 aromatic carbocycles. The predicted octanol–water partition coefficient (Wildman–Crippen LogP) is 2.91. The number of benzene rings is 2. The molecule has 0 unspecified atom stereocenters.